The van der Waals surface area contributed by atoms with Crippen molar-refractivity contribution < 1.29 is 14.5 Å². The number of hydrogen-bond acceptors (Lipinski definition) is 4. The molecule has 0 bridgehead atoms. The van der Waals surface area contributed by atoms with Crippen LogP contribution < -0.4 is 0 Å². The minimum absolute atomic E-state index is 0.00272. The van der Waals surface area contributed by atoms with Crippen molar-refractivity contribution in [2.24, 2.45) is 0 Å². The first-order valence-electron chi connectivity index (χ1n) is 5.19. The molecule has 1 rings (SSSR count). The summed E-state index contributed by atoms with van der Waals surface area (Å²) in [5, 5.41) is 10.2. The van der Waals surface area contributed by atoms with Crippen LogP contribution >= 0.6 is 23.2 Å². The number of halogens is 2. The van der Waals surface area contributed by atoms with Crippen LogP contribution in [0.2, 0.25) is 5.02 Å². The summed E-state index contributed by atoms with van der Waals surface area (Å²) < 4.78 is 4.73. The SMILES string of the molecule is CCOC(=O)C(Cl)Cc1cc(Cl)ccc1[N+](=O)[O-]. The molecule has 5 nitrogen and oxygen atoms in total. The lowest BCUT2D eigenvalue weighted by Gasteiger charge is -2.09. The monoisotopic (exact) mass is 291 g/mol. The van der Waals surface area contributed by atoms with Gasteiger partial charge in [0.05, 0.1) is 11.5 Å². The summed E-state index contributed by atoms with van der Waals surface area (Å²) in [5.41, 5.74) is 0.190. The number of esters is 1. The van der Waals surface area contributed by atoms with Crippen molar-refractivity contribution in [1.29, 1.82) is 0 Å². The minimum atomic E-state index is -0.970. The summed E-state index contributed by atoms with van der Waals surface area (Å²) in [6.07, 6.45) is -0.00272. The van der Waals surface area contributed by atoms with Crippen molar-refractivity contribution in [3.63, 3.8) is 0 Å². The first kappa shape index (κ1) is 14.7. The number of nitro benzene ring substituents is 1. The highest BCUT2D eigenvalue weighted by Gasteiger charge is 2.22. The van der Waals surface area contributed by atoms with E-state index in [1.807, 2.05) is 0 Å². The van der Waals surface area contributed by atoms with E-state index in [2.05, 4.69) is 0 Å². The molecule has 1 aromatic rings. The smallest absolute Gasteiger partial charge is 0.324 e. The van der Waals surface area contributed by atoms with Crippen molar-refractivity contribution in [2.45, 2.75) is 18.7 Å². The molecule has 0 saturated heterocycles. The van der Waals surface area contributed by atoms with Crippen LogP contribution in [-0.2, 0) is 16.0 Å². The van der Waals surface area contributed by atoms with Gasteiger partial charge in [-0.1, -0.05) is 11.6 Å². The second-order valence-corrected chi connectivity index (χ2v) is 4.42. The van der Waals surface area contributed by atoms with Gasteiger partial charge >= 0.3 is 5.97 Å². The predicted octanol–water partition coefficient (Wildman–Crippen LogP) is 2.96. The third-order valence-electron chi connectivity index (χ3n) is 2.18. The lowest BCUT2D eigenvalue weighted by molar-refractivity contribution is -0.385. The van der Waals surface area contributed by atoms with Crippen LogP contribution in [0.5, 0.6) is 0 Å². The van der Waals surface area contributed by atoms with Gasteiger partial charge in [0, 0.05) is 23.1 Å². The van der Waals surface area contributed by atoms with E-state index >= 15 is 0 Å². The van der Waals surface area contributed by atoms with Gasteiger partial charge in [-0.05, 0) is 19.1 Å². The Morgan fingerprint density at radius 3 is 2.78 bits per heavy atom. The molecule has 0 N–H and O–H groups in total. The third-order valence-corrected chi connectivity index (χ3v) is 2.75. The maximum absolute atomic E-state index is 11.4. The molecular formula is C11H11Cl2NO4. The van der Waals surface area contributed by atoms with E-state index < -0.39 is 16.3 Å². The Morgan fingerprint density at radius 2 is 2.22 bits per heavy atom. The fourth-order valence-corrected chi connectivity index (χ4v) is 1.83. The topological polar surface area (TPSA) is 69.4 Å². The van der Waals surface area contributed by atoms with Crippen molar-refractivity contribution >= 4 is 34.9 Å². The molecule has 98 valence electrons. The van der Waals surface area contributed by atoms with E-state index in [0.717, 1.165) is 0 Å². The Hall–Kier alpha value is -1.33. The van der Waals surface area contributed by atoms with Gasteiger partial charge in [-0.2, -0.15) is 0 Å². The van der Waals surface area contributed by atoms with Crippen LogP contribution in [0.15, 0.2) is 18.2 Å². The van der Waals surface area contributed by atoms with Gasteiger partial charge < -0.3 is 4.74 Å². The molecule has 1 aromatic carbocycles. The molecule has 0 aromatic heterocycles. The minimum Gasteiger partial charge on any atom is -0.465 e. The van der Waals surface area contributed by atoms with Gasteiger partial charge in [-0.25, -0.2) is 0 Å². The van der Waals surface area contributed by atoms with Gasteiger partial charge in [0.1, 0.15) is 5.38 Å². The van der Waals surface area contributed by atoms with E-state index in [1.54, 1.807) is 6.92 Å². The lowest BCUT2D eigenvalue weighted by atomic mass is 10.1. The Bertz CT molecular complexity index is 464. The van der Waals surface area contributed by atoms with Crippen molar-refractivity contribution in [3.05, 3.63) is 38.9 Å². The zero-order valence-corrected chi connectivity index (χ0v) is 11.1. The number of benzene rings is 1. The highest BCUT2D eigenvalue weighted by molar-refractivity contribution is 6.31. The molecule has 1 unspecified atom stereocenters. The molecule has 0 aliphatic rings. The number of nitro groups is 1. The summed E-state index contributed by atoms with van der Waals surface area (Å²) in [4.78, 5) is 21.6. The van der Waals surface area contributed by atoms with Crippen LogP contribution in [-0.4, -0.2) is 22.9 Å². The fourth-order valence-electron chi connectivity index (χ4n) is 1.40. The maximum Gasteiger partial charge on any atom is 0.324 e. The van der Waals surface area contributed by atoms with E-state index in [4.69, 9.17) is 27.9 Å². The molecule has 0 saturated carbocycles. The Labute approximate surface area is 114 Å². The number of hydrogen-bond donors (Lipinski definition) is 0. The summed E-state index contributed by atoms with van der Waals surface area (Å²) >= 11 is 11.6. The predicted molar refractivity (Wildman–Crippen MR) is 68.1 cm³/mol. The van der Waals surface area contributed by atoms with Gasteiger partial charge in [0.15, 0.2) is 0 Å². The fraction of sp³-hybridized carbons (Fsp3) is 0.364. The van der Waals surface area contributed by atoms with E-state index in [0.29, 0.717) is 10.6 Å². The summed E-state index contributed by atoms with van der Waals surface area (Å²) in [6.45, 7) is 1.86. The molecule has 1 atom stereocenters. The van der Waals surface area contributed by atoms with E-state index in [9.17, 15) is 14.9 Å². The Balaban J connectivity index is 2.92. The largest absolute Gasteiger partial charge is 0.465 e. The second kappa shape index (κ2) is 6.56. The van der Waals surface area contributed by atoms with Crippen LogP contribution in [0.1, 0.15) is 12.5 Å². The van der Waals surface area contributed by atoms with Crippen molar-refractivity contribution in [1.82, 2.24) is 0 Å². The number of ether oxygens (including phenoxy) is 1. The van der Waals surface area contributed by atoms with E-state index in [-0.39, 0.29) is 18.7 Å². The molecule has 0 fully saturated rings. The summed E-state index contributed by atoms with van der Waals surface area (Å²) in [7, 11) is 0. The molecule has 0 spiro atoms. The first-order chi connectivity index (χ1) is 8.45. The molecular weight excluding hydrogens is 281 g/mol. The zero-order chi connectivity index (χ0) is 13.7. The second-order valence-electron chi connectivity index (χ2n) is 3.45. The highest BCUT2D eigenvalue weighted by atomic mass is 35.5. The van der Waals surface area contributed by atoms with Gasteiger partial charge in [-0.15, -0.1) is 11.6 Å². The molecule has 0 amide bonds. The van der Waals surface area contributed by atoms with Crippen molar-refractivity contribution in [3.8, 4) is 0 Å². The Morgan fingerprint density at radius 1 is 1.56 bits per heavy atom. The van der Waals surface area contributed by atoms with Crippen LogP contribution in [0.4, 0.5) is 5.69 Å². The summed E-state index contributed by atoms with van der Waals surface area (Å²) in [5.74, 6) is -0.603. The molecule has 18 heavy (non-hydrogen) atoms. The van der Waals surface area contributed by atoms with Crippen LogP contribution in [0.3, 0.4) is 0 Å². The van der Waals surface area contributed by atoms with Gasteiger partial charge in [0.2, 0.25) is 0 Å². The normalized spacial score (nSPS) is 11.9. The molecule has 0 heterocycles. The Kier molecular flexibility index (Phi) is 5.37. The number of alkyl halides is 1. The zero-order valence-electron chi connectivity index (χ0n) is 9.56. The number of carbonyl (C=O) groups is 1. The number of rotatable bonds is 5. The average molecular weight is 292 g/mol. The summed E-state index contributed by atoms with van der Waals surface area (Å²) in [6, 6.07) is 4.12. The van der Waals surface area contributed by atoms with Crippen LogP contribution in [0.25, 0.3) is 0 Å². The van der Waals surface area contributed by atoms with Gasteiger partial charge in [-0.3, -0.25) is 14.9 Å². The quantitative estimate of drug-likeness (QED) is 0.362. The van der Waals surface area contributed by atoms with E-state index in [1.165, 1.54) is 18.2 Å². The lowest BCUT2D eigenvalue weighted by Crippen LogP contribution is -2.20. The molecule has 0 aliphatic carbocycles. The first-order valence-corrected chi connectivity index (χ1v) is 6.00. The third kappa shape index (κ3) is 3.85. The molecule has 0 aliphatic heterocycles. The highest BCUT2D eigenvalue weighted by Crippen LogP contribution is 2.25. The maximum atomic E-state index is 11.4. The molecule has 0 radical (unpaired) electrons. The molecule has 7 heteroatoms. The van der Waals surface area contributed by atoms with Gasteiger partial charge in [0.25, 0.3) is 5.69 Å². The average Bonchev–Trinajstić information content (AvgIpc) is 2.28. The standard InChI is InChI=1S/C11H11Cl2NO4/c1-2-18-11(15)9(13)6-7-5-8(12)3-4-10(7)14(16)17/h3-5,9H,2,6H2,1H3. The van der Waals surface area contributed by atoms with Crippen molar-refractivity contribution in [2.75, 3.05) is 6.61 Å². The number of carbonyl (C=O) groups excluding carboxylic acids is 1. The van der Waals surface area contributed by atoms with Crippen LogP contribution in [0, 0.1) is 10.1 Å². The number of nitrogens with zero attached hydrogens (tertiary/aromatic N) is 1.